The second kappa shape index (κ2) is 9.08. The van der Waals surface area contributed by atoms with Gasteiger partial charge in [-0.05, 0) is 29.5 Å². The molecule has 1 aliphatic carbocycles. The minimum Gasteiger partial charge on any atom is -0.294 e. The van der Waals surface area contributed by atoms with E-state index in [-0.39, 0.29) is 11.2 Å². The second-order valence-electron chi connectivity index (χ2n) is 7.07. The molecule has 23 heavy (non-hydrogen) atoms. The first kappa shape index (κ1) is 21.7. The lowest BCUT2D eigenvalue weighted by atomic mass is 9.72. The SMILES string of the molecule is CC.CC.CC1(C)CCC(=O)c2cc(C#C[Si](C)(C)C)ccc21. The van der Waals surface area contributed by atoms with E-state index in [1.54, 1.807) is 0 Å². The quantitative estimate of drug-likeness (QED) is 0.407. The minimum absolute atomic E-state index is 0.105. The molecule has 0 fully saturated rings. The maximum absolute atomic E-state index is 12.1. The Hall–Kier alpha value is -1.33. The molecule has 0 radical (unpaired) electrons. The Balaban J connectivity index is 0.00000112. The summed E-state index contributed by atoms with van der Waals surface area (Å²) < 4.78 is 0. The number of carbonyl (C=O) groups is 1. The van der Waals surface area contributed by atoms with Crippen molar-refractivity contribution in [2.24, 2.45) is 0 Å². The van der Waals surface area contributed by atoms with Crippen molar-refractivity contribution < 1.29 is 4.79 Å². The van der Waals surface area contributed by atoms with Gasteiger partial charge in [0.05, 0.1) is 0 Å². The van der Waals surface area contributed by atoms with E-state index < -0.39 is 8.07 Å². The van der Waals surface area contributed by atoms with Crippen LogP contribution in [0.25, 0.3) is 0 Å². The highest BCUT2D eigenvalue weighted by Gasteiger charge is 2.31. The number of Topliss-reactive ketones (excluding diaryl/α,β-unsaturated/α-hetero) is 1. The van der Waals surface area contributed by atoms with Gasteiger partial charge in [0, 0.05) is 17.5 Å². The summed E-state index contributed by atoms with van der Waals surface area (Å²) in [4.78, 5) is 12.1. The molecule has 0 amide bonds. The molecule has 1 nitrogen and oxygen atoms in total. The van der Waals surface area contributed by atoms with Crippen LogP contribution in [-0.4, -0.2) is 13.9 Å². The van der Waals surface area contributed by atoms with Crippen molar-refractivity contribution in [1.29, 1.82) is 0 Å². The third kappa shape index (κ3) is 6.35. The van der Waals surface area contributed by atoms with Gasteiger partial charge in [0.15, 0.2) is 5.78 Å². The number of fused-ring (bicyclic) bond motifs is 1. The molecule has 1 aliphatic rings. The van der Waals surface area contributed by atoms with Gasteiger partial charge in [0.2, 0.25) is 0 Å². The Morgan fingerprint density at radius 2 is 1.61 bits per heavy atom. The van der Waals surface area contributed by atoms with Crippen LogP contribution in [-0.2, 0) is 5.41 Å². The molecular formula is C21H34OSi. The van der Waals surface area contributed by atoms with E-state index in [2.05, 4.69) is 57.1 Å². The van der Waals surface area contributed by atoms with Crippen molar-refractivity contribution in [3.63, 3.8) is 0 Å². The lowest BCUT2D eigenvalue weighted by Gasteiger charge is -2.31. The van der Waals surface area contributed by atoms with E-state index in [1.807, 2.05) is 33.8 Å². The highest BCUT2D eigenvalue weighted by molar-refractivity contribution is 6.83. The summed E-state index contributed by atoms with van der Waals surface area (Å²) in [6.07, 6.45) is 1.60. The molecule has 1 aromatic carbocycles. The molecule has 0 N–H and O–H groups in total. The van der Waals surface area contributed by atoms with E-state index in [0.29, 0.717) is 6.42 Å². The molecular weight excluding hydrogens is 296 g/mol. The van der Waals surface area contributed by atoms with E-state index in [0.717, 1.165) is 17.5 Å². The molecule has 1 aromatic rings. The van der Waals surface area contributed by atoms with Crippen LogP contribution in [0.2, 0.25) is 19.6 Å². The Labute approximate surface area is 144 Å². The number of ketones is 1. The minimum atomic E-state index is -1.37. The maximum atomic E-state index is 12.1. The van der Waals surface area contributed by atoms with E-state index in [9.17, 15) is 4.79 Å². The molecule has 2 heteroatoms. The zero-order valence-electron chi connectivity index (χ0n) is 16.6. The van der Waals surface area contributed by atoms with Gasteiger partial charge < -0.3 is 0 Å². The number of rotatable bonds is 0. The van der Waals surface area contributed by atoms with Gasteiger partial charge in [-0.1, -0.05) is 73.2 Å². The van der Waals surface area contributed by atoms with Crippen molar-refractivity contribution in [3.05, 3.63) is 34.9 Å². The monoisotopic (exact) mass is 330 g/mol. The fraction of sp³-hybridized carbons (Fsp3) is 0.571. The van der Waals surface area contributed by atoms with E-state index >= 15 is 0 Å². The first-order valence-electron chi connectivity index (χ1n) is 8.90. The van der Waals surface area contributed by atoms with Gasteiger partial charge in [-0.2, -0.15) is 0 Å². The van der Waals surface area contributed by atoms with E-state index in [1.165, 1.54) is 5.56 Å². The summed E-state index contributed by atoms with van der Waals surface area (Å²) in [6, 6.07) is 6.15. The summed E-state index contributed by atoms with van der Waals surface area (Å²) in [5, 5.41) is 0. The molecule has 2 rings (SSSR count). The van der Waals surface area contributed by atoms with Crippen molar-refractivity contribution >= 4 is 13.9 Å². The highest BCUT2D eigenvalue weighted by atomic mass is 28.3. The van der Waals surface area contributed by atoms with Crippen molar-refractivity contribution in [2.75, 3.05) is 0 Å². The van der Waals surface area contributed by atoms with Gasteiger partial charge >= 0.3 is 0 Å². The second-order valence-corrected chi connectivity index (χ2v) is 11.8. The Morgan fingerprint density at radius 3 is 2.13 bits per heavy atom. The molecule has 0 bridgehead atoms. The first-order valence-corrected chi connectivity index (χ1v) is 12.4. The third-order valence-corrected chi connectivity index (χ3v) is 4.48. The summed E-state index contributed by atoms with van der Waals surface area (Å²) in [5.41, 5.74) is 6.51. The smallest absolute Gasteiger partial charge is 0.163 e. The predicted molar refractivity (Wildman–Crippen MR) is 106 cm³/mol. The summed E-state index contributed by atoms with van der Waals surface area (Å²) in [5.74, 6) is 3.51. The average molecular weight is 331 g/mol. The van der Waals surface area contributed by atoms with Gasteiger partial charge in [0.1, 0.15) is 8.07 Å². The number of benzene rings is 1. The van der Waals surface area contributed by atoms with Gasteiger partial charge in [-0.15, -0.1) is 5.54 Å². The van der Waals surface area contributed by atoms with Crippen LogP contribution in [0.5, 0.6) is 0 Å². The zero-order valence-corrected chi connectivity index (χ0v) is 17.6. The Bertz CT molecular complexity index is 580. The molecule has 0 atom stereocenters. The molecule has 0 heterocycles. The van der Waals surface area contributed by atoms with Crippen LogP contribution in [0, 0.1) is 11.5 Å². The topological polar surface area (TPSA) is 17.1 Å². The predicted octanol–water partition coefficient (Wildman–Crippen LogP) is 6.22. The van der Waals surface area contributed by atoms with Crippen molar-refractivity contribution in [2.45, 2.75) is 79.4 Å². The van der Waals surface area contributed by atoms with E-state index in [4.69, 9.17) is 0 Å². The standard InChI is InChI=1S/C17H22OSi.2C2H6/c1-17(2)10-8-16(18)14-12-13(6-7-15(14)17)9-11-19(3,4)5;2*1-2/h6-7,12H,8,10H2,1-5H3;2*1-2H3. The molecule has 0 aliphatic heterocycles. The van der Waals surface area contributed by atoms with Gasteiger partial charge in [-0.3, -0.25) is 4.79 Å². The van der Waals surface area contributed by atoms with Crippen LogP contribution >= 0.6 is 0 Å². The largest absolute Gasteiger partial charge is 0.294 e. The van der Waals surface area contributed by atoms with Crippen molar-refractivity contribution in [1.82, 2.24) is 0 Å². The molecule has 0 aromatic heterocycles. The Morgan fingerprint density at radius 1 is 1.04 bits per heavy atom. The summed E-state index contributed by atoms with van der Waals surface area (Å²) >= 11 is 0. The fourth-order valence-electron chi connectivity index (χ4n) is 2.40. The number of carbonyl (C=O) groups excluding carboxylic acids is 1. The fourth-order valence-corrected chi connectivity index (χ4v) is 2.92. The summed E-state index contributed by atoms with van der Waals surface area (Å²) in [7, 11) is -1.37. The van der Waals surface area contributed by atoms with Crippen LogP contribution in [0.3, 0.4) is 0 Å². The number of hydrogen-bond donors (Lipinski definition) is 0. The average Bonchev–Trinajstić information content (AvgIpc) is 2.52. The summed E-state index contributed by atoms with van der Waals surface area (Å²) in [6.45, 7) is 19.1. The first-order chi connectivity index (χ1) is 10.7. The molecule has 128 valence electrons. The molecule has 0 saturated heterocycles. The zero-order chi connectivity index (χ0) is 18.3. The Kier molecular flexibility index (Phi) is 8.56. The highest BCUT2D eigenvalue weighted by Crippen LogP contribution is 2.36. The van der Waals surface area contributed by atoms with Gasteiger partial charge in [0.25, 0.3) is 0 Å². The van der Waals surface area contributed by atoms with Crippen LogP contribution in [0.15, 0.2) is 18.2 Å². The maximum Gasteiger partial charge on any atom is 0.163 e. The van der Waals surface area contributed by atoms with Crippen LogP contribution < -0.4 is 0 Å². The van der Waals surface area contributed by atoms with Crippen molar-refractivity contribution in [3.8, 4) is 11.5 Å². The van der Waals surface area contributed by atoms with Crippen LogP contribution in [0.4, 0.5) is 0 Å². The molecule has 0 saturated carbocycles. The van der Waals surface area contributed by atoms with Gasteiger partial charge in [-0.25, -0.2) is 0 Å². The molecule has 0 spiro atoms. The van der Waals surface area contributed by atoms with Crippen LogP contribution in [0.1, 0.15) is 75.9 Å². The third-order valence-electron chi connectivity index (χ3n) is 3.61. The lowest BCUT2D eigenvalue weighted by molar-refractivity contribution is 0.0956. The normalized spacial score (nSPS) is 14.9. The lowest BCUT2D eigenvalue weighted by Crippen LogP contribution is -2.27. The molecule has 0 unspecified atom stereocenters. The number of hydrogen-bond acceptors (Lipinski definition) is 1.